The lowest BCUT2D eigenvalue weighted by Gasteiger charge is -2.29. The number of aliphatic imine (C=N–C) groups is 2. The summed E-state index contributed by atoms with van der Waals surface area (Å²) in [6.07, 6.45) is 2.60. The van der Waals surface area contributed by atoms with E-state index < -0.39 is 121 Å². The summed E-state index contributed by atoms with van der Waals surface area (Å²) in [4.78, 5) is 143. The van der Waals surface area contributed by atoms with Gasteiger partial charge >= 0.3 is 11.9 Å². The fourth-order valence-corrected chi connectivity index (χ4v) is 8.12. The summed E-state index contributed by atoms with van der Waals surface area (Å²) >= 11 is 4.11. The van der Waals surface area contributed by atoms with Gasteiger partial charge in [-0.05, 0) is 76.0 Å². The van der Waals surface area contributed by atoms with Gasteiger partial charge in [0.25, 0.3) is 0 Å². The number of hydrogen-bond acceptors (Lipinski definition) is 15. The third kappa shape index (κ3) is 21.3. The summed E-state index contributed by atoms with van der Waals surface area (Å²) < 4.78 is 0. The van der Waals surface area contributed by atoms with Crippen molar-refractivity contribution in [3.63, 3.8) is 0 Å². The van der Waals surface area contributed by atoms with E-state index in [-0.39, 0.29) is 82.4 Å². The number of nitrogens with two attached hydrogens (primary N) is 6. The van der Waals surface area contributed by atoms with Crippen LogP contribution in [0.25, 0.3) is 10.9 Å². The first-order valence-electron chi connectivity index (χ1n) is 24.2. The molecule has 0 radical (unpaired) electrons. The van der Waals surface area contributed by atoms with Gasteiger partial charge in [-0.25, -0.2) is 4.79 Å². The number of guanidine groups is 2. The molecule has 1 aromatic carbocycles. The van der Waals surface area contributed by atoms with Gasteiger partial charge in [0.15, 0.2) is 11.9 Å². The molecule has 22 N–H and O–H groups in total. The molecule has 1 saturated heterocycles. The molecule has 0 unspecified atom stereocenters. The molecule has 0 spiro atoms. The lowest BCUT2D eigenvalue weighted by Crippen LogP contribution is -2.58. The van der Waals surface area contributed by atoms with Crippen LogP contribution in [-0.2, 0) is 54.4 Å². The number of carboxylic acid groups (broad SMARTS) is 2. The first-order valence-corrected chi connectivity index (χ1v) is 24.8. The summed E-state index contributed by atoms with van der Waals surface area (Å²) in [5, 5.41) is 37.2. The van der Waals surface area contributed by atoms with Crippen molar-refractivity contribution in [2.24, 2.45) is 44.4 Å². The molecule has 1 fully saturated rings. The number of carboxylic acids is 2. The predicted molar refractivity (Wildman–Crippen MR) is 277 cm³/mol. The number of benzene rings is 1. The minimum atomic E-state index is -1.79. The Morgan fingerprint density at radius 1 is 0.707 bits per heavy atom. The average Bonchev–Trinajstić information content (AvgIpc) is 4.03. The second-order valence-electron chi connectivity index (χ2n) is 17.5. The molecule has 1 aliphatic rings. The summed E-state index contributed by atoms with van der Waals surface area (Å²) in [5.41, 5.74) is 34.2. The second kappa shape index (κ2) is 31.8. The standard InChI is InChI=1S/C45H71N17O12S/c46-14-4-3-11-28(57-34(63)21-56-39(69)32(23-75)61-37(67)26(47)9-5-15-52-44(48)49)40(70)60-30(19-36(65)66)38(68)55-22-35(64)58-31(18-24-20-54-27-10-2-1-8-25(24)27)42(72)62-17-7-13-33(62)41(71)59-29(43(73)74)12-6-16-53-45(50)51/h1-2,8,10,20,26,28-33,54,75H,3-7,9,11-19,21-23,46-47H2,(H,55,68)(H,56,69)(H,57,63)(H,58,64)(H,59,71)(H,60,70)(H,61,67)(H,65,66)(H,73,74)(H4,48,49,52)(H4,50,51,53)/t26-,28-,29-,30-,31-,32-,33-/m0/s1. The number of aliphatic carboxylic acids is 2. The zero-order valence-corrected chi connectivity index (χ0v) is 42.3. The number of para-hydroxylation sites is 1. The molecule has 0 saturated carbocycles. The number of carbonyl (C=O) groups excluding carboxylic acids is 8. The van der Waals surface area contributed by atoms with Crippen LogP contribution in [-0.4, -0.2) is 179 Å². The van der Waals surface area contributed by atoms with E-state index >= 15 is 0 Å². The fourth-order valence-electron chi connectivity index (χ4n) is 7.87. The Morgan fingerprint density at radius 3 is 1.89 bits per heavy atom. The number of nitrogens with zero attached hydrogens (tertiary/aromatic N) is 3. The smallest absolute Gasteiger partial charge is 0.326 e. The van der Waals surface area contributed by atoms with Gasteiger partial charge in [0, 0.05) is 48.9 Å². The van der Waals surface area contributed by atoms with Gasteiger partial charge in [0.2, 0.25) is 47.3 Å². The van der Waals surface area contributed by atoms with Crippen LogP contribution in [0.15, 0.2) is 40.4 Å². The third-order valence-corrected chi connectivity index (χ3v) is 12.1. The van der Waals surface area contributed by atoms with Crippen molar-refractivity contribution in [1.82, 2.24) is 47.1 Å². The molecule has 1 aliphatic heterocycles. The molecule has 2 aromatic rings. The third-order valence-electron chi connectivity index (χ3n) is 11.7. The summed E-state index contributed by atoms with van der Waals surface area (Å²) in [6.45, 7) is -0.838. The molecule has 0 aliphatic carbocycles. The van der Waals surface area contributed by atoms with Gasteiger partial charge < -0.3 is 91.7 Å². The molecule has 7 atom stereocenters. The predicted octanol–water partition coefficient (Wildman–Crippen LogP) is -5.59. The van der Waals surface area contributed by atoms with Crippen LogP contribution in [0.5, 0.6) is 0 Å². The molecular formula is C45H71N17O12S. The Balaban J connectivity index is 1.71. The number of aromatic nitrogens is 1. The number of likely N-dealkylation sites (tertiary alicyclic amines) is 1. The van der Waals surface area contributed by atoms with Crippen molar-refractivity contribution >= 4 is 94.6 Å². The van der Waals surface area contributed by atoms with E-state index in [2.05, 4.69) is 64.8 Å². The molecule has 0 bridgehead atoms. The quantitative estimate of drug-likeness (QED) is 0.0137. The minimum absolute atomic E-state index is 0.0152. The van der Waals surface area contributed by atoms with Gasteiger partial charge in [-0.1, -0.05) is 18.2 Å². The summed E-state index contributed by atoms with van der Waals surface area (Å²) in [7, 11) is 0. The van der Waals surface area contributed by atoms with Crippen molar-refractivity contribution in [2.45, 2.75) is 113 Å². The van der Waals surface area contributed by atoms with Gasteiger partial charge in [-0.15, -0.1) is 0 Å². The lowest BCUT2D eigenvalue weighted by atomic mass is 10.0. The van der Waals surface area contributed by atoms with E-state index in [1.54, 1.807) is 30.5 Å². The largest absolute Gasteiger partial charge is 0.481 e. The first-order chi connectivity index (χ1) is 35.6. The number of rotatable bonds is 33. The Hall–Kier alpha value is -7.73. The van der Waals surface area contributed by atoms with Crippen LogP contribution in [0.2, 0.25) is 0 Å². The highest BCUT2D eigenvalue weighted by Crippen LogP contribution is 2.23. The van der Waals surface area contributed by atoms with Crippen molar-refractivity contribution in [3.8, 4) is 0 Å². The van der Waals surface area contributed by atoms with Crippen LogP contribution in [0.1, 0.15) is 69.8 Å². The van der Waals surface area contributed by atoms with Gasteiger partial charge in [-0.2, -0.15) is 12.6 Å². The molecule has 3 rings (SSSR count). The Kier molecular flexibility index (Phi) is 26.1. The normalized spacial score (nSPS) is 15.3. The van der Waals surface area contributed by atoms with E-state index in [1.165, 1.54) is 4.90 Å². The van der Waals surface area contributed by atoms with Crippen LogP contribution in [0.4, 0.5) is 0 Å². The van der Waals surface area contributed by atoms with Crippen LogP contribution < -0.4 is 71.6 Å². The molecular weight excluding hydrogens is 1000 g/mol. The topological polar surface area (TPSA) is 495 Å². The number of carbonyl (C=O) groups is 10. The van der Waals surface area contributed by atoms with Gasteiger partial charge in [0.1, 0.15) is 36.3 Å². The molecule has 30 heteroatoms. The first kappa shape index (κ1) is 61.6. The average molecular weight is 1070 g/mol. The maximum absolute atomic E-state index is 14.4. The van der Waals surface area contributed by atoms with Gasteiger partial charge in [-0.3, -0.25) is 53.1 Å². The lowest BCUT2D eigenvalue weighted by molar-refractivity contribution is -0.145. The highest BCUT2D eigenvalue weighted by atomic mass is 32.1. The second-order valence-corrected chi connectivity index (χ2v) is 17.9. The van der Waals surface area contributed by atoms with Crippen molar-refractivity contribution in [2.75, 3.05) is 45.0 Å². The number of unbranched alkanes of at least 4 members (excludes halogenated alkanes) is 1. The Morgan fingerprint density at radius 2 is 1.29 bits per heavy atom. The van der Waals surface area contributed by atoms with Crippen LogP contribution in [0.3, 0.4) is 0 Å². The summed E-state index contributed by atoms with van der Waals surface area (Å²) in [6, 6.07) is -1.98. The SMILES string of the molecule is NCCCC[C@H](NC(=O)CNC(=O)[C@H](CS)NC(=O)[C@@H](N)CCCN=C(N)N)C(=O)N[C@@H](CC(=O)O)C(=O)NCC(=O)N[C@@H](Cc1c[nH]c2ccccc12)C(=O)N1CCC[C@H]1C(=O)N[C@@H](CCCN=C(N)N)C(=O)O. The van der Waals surface area contributed by atoms with E-state index in [0.29, 0.717) is 31.2 Å². The van der Waals surface area contributed by atoms with E-state index in [4.69, 9.17) is 34.4 Å². The molecule has 1 aromatic heterocycles. The van der Waals surface area contributed by atoms with Crippen molar-refractivity contribution < 1.29 is 58.2 Å². The van der Waals surface area contributed by atoms with Gasteiger partial charge in [0.05, 0.1) is 25.6 Å². The van der Waals surface area contributed by atoms with E-state index in [9.17, 15) is 58.2 Å². The molecule has 75 heavy (non-hydrogen) atoms. The molecule has 29 nitrogen and oxygen atoms in total. The monoisotopic (exact) mass is 1070 g/mol. The van der Waals surface area contributed by atoms with E-state index in [0.717, 1.165) is 10.9 Å². The Labute approximate surface area is 437 Å². The fraction of sp³-hybridized carbons (Fsp3) is 0.556. The number of hydrogen-bond donors (Lipinski definition) is 17. The molecule has 2 heterocycles. The number of nitrogens with one attached hydrogen (secondary N) is 8. The summed E-state index contributed by atoms with van der Waals surface area (Å²) in [5.74, 6) is -10.1. The highest BCUT2D eigenvalue weighted by molar-refractivity contribution is 7.80. The van der Waals surface area contributed by atoms with E-state index in [1.807, 2.05) is 0 Å². The van der Waals surface area contributed by atoms with Crippen molar-refractivity contribution in [1.29, 1.82) is 0 Å². The number of amides is 8. The molecule has 414 valence electrons. The number of aromatic amines is 1. The maximum Gasteiger partial charge on any atom is 0.326 e. The highest BCUT2D eigenvalue weighted by Gasteiger charge is 2.39. The van der Waals surface area contributed by atoms with Crippen LogP contribution in [0, 0.1) is 0 Å². The van der Waals surface area contributed by atoms with Crippen molar-refractivity contribution in [3.05, 3.63) is 36.0 Å². The minimum Gasteiger partial charge on any atom is -0.481 e. The molecule has 8 amide bonds. The number of H-pyrrole nitrogens is 1. The zero-order valence-electron chi connectivity index (χ0n) is 41.4. The maximum atomic E-state index is 14.4. The number of thiol groups is 1. The number of fused-ring (bicyclic) bond motifs is 1. The zero-order chi connectivity index (χ0) is 55.6. The Bertz CT molecular complexity index is 2380. The van der Waals surface area contributed by atoms with Crippen LogP contribution >= 0.6 is 12.6 Å².